The van der Waals surface area contributed by atoms with Crippen LogP contribution in [-0.4, -0.2) is 45.3 Å². The lowest BCUT2D eigenvalue weighted by atomic mass is 9.44. The molecule has 2 aliphatic carbocycles. The molecule has 1 aliphatic heterocycles. The molecule has 1 saturated carbocycles. The third kappa shape index (κ3) is 2.54. The summed E-state index contributed by atoms with van der Waals surface area (Å²) in [5.41, 5.74) is 10.6. The van der Waals surface area contributed by atoms with E-state index in [1.807, 2.05) is 25.6 Å². The minimum atomic E-state index is -0.518. The lowest BCUT2D eigenvalue weighted by Crippen LogP contribution is -2.60. The maximum atomic E-state index is 6.24. The fourth-order valence-electron chi connectivity index (χ4n) is 6.75. The fourth-order valence-corrected chi connectivity index (χ4v) is 6.75. The smallest absolute Gasteiger partial charge is 0.282 e. The van der Waals surface area contributed by atoms with E-state index in [2.05, 4.69) is 51.9 Å². The molecule has 1 aromatic carbocycles. The van der Waals surface area contributed by atoms with Crippen molar-refractivity contribution < 1.29 is 9.47 Å². The van der Waals surface area contributed by atoms with Gasteiger partial charge < -0.3 is 15.2 Å². The number of nitrogens with two attached hydrogens (primary N) is 1. The van der Waals surface area contributed by atoms with Crippen LogP contribution in [-0.2, 0) is 21.4 Å². The number of hydrogen-bond donors (Lipinski definition) is 1. The maximum Gasteiger partial charge on any atom is 0.282 e. The molecule has 154 valence electrons. The second-order valence-electron chi connectivity index (χ2n) is 9.84. The molecule has 3 aliphatic rings. The summed E-state index contributed by atoms with van der Waals surface area (Å²) in [7, 11) is 6.13. The van der Waals surface area contributed by atoms with Crippen LogP contribution in [0.1, 0.15) is 37.3 Å². The van der Waals surface area contributed by atoms with Gasteiger partial charge in [-0.25, -0.2) is 4.99 Å². The average molecular weight is 401 g/mol. The first kappa shape index (κ1) is 19.7. The van der Waals surface area contributed by atoms with Crippen LogP contribution in [0.2, 0.25) is 0 Å². The first-order chi connectivity index (χ1) is 14.3. The number of nitrogens with zero attached hydrogens (tertiary/aromatic N) is 2. The van der Waals surface area contributed by atoms with Crippen molar-refractivity contribution in [1.29, 1.82) is 0 Å². The highest BCUT2D eigenvalue weighted by Gasteiger charge is 2.68. The van der Waals surface area contributed by atoms with Gasteiger partial charge >= 0.3 is 0 Å². The summed E-state index contributed by atoms with van der Waals surface area (Å²) in [4.78, 5) is 9.44. The van der Waals surface area contributed by atoms with E-state index in [0.717, 1.165) is 36.8 Å². The zero-order valence-electron chi connectivity index (χ0n) is 18.3. The Morgan fingerprint density at radius 2 is 2.07 bits per heavy atom. The molecular formula is C23H29B2N3O2. The molecule has 5 rings (SSSR count). The van der Waals surface area contributed by atoms with Crippen LogP contribution in [0.4, 0.5) is 0 Å². The van der Waals surface area contributed by atoms with Crippen LogP contribution in [0.25, 0.3) is 11.1 Å². The highest BCUT2D eigenvalue weighted by molar-refractivity contribution is 6.41. The second kappa shape index (κ2) is 6.61. The number of amidine groups is 1. The number of rotatable bonds is 2. The minimum absolute atomic E-state index is 0.0258. The molecule has 0 amide bonds. The van der Waals surface area contributed by atoms with E-state index in [1.54, 1.807) is 0 Å². The van der Waals surface area contributed by atoms with Gasteiger partial charge in [-0.1, -0.05) is 25.1 Å². The predicted octanol–water partition coefficient (Wildman–Crippen LogP) is 1.59. The van der Waals surface area contributed by atoms with Crippen molar-refractivity contribution in [3.8, 4) is 11.1 Å². The quantitative estimate of drug-likeness (QED) is 0.777. The van der Waals surface area contributed by atoms with E-state index >= 15 is 0 Å². The van der Waals surface area contributed by atoms with Crippen LogP contribution in [0.5, 0.6) is 0 Å². The van der Waals surface area contributed by atoms with Gasteiger partial charge in [-0.2, -0.15) is 0 Å². The van der Waals surface area contributed by atoms with Crippen LogP contribution in [0.3, 0.4) is 0 Å². The lowest BCUT2D eigenvalue weighted by molar-refractivity contribution is -0.0559. The molecular weight excluding hydrogens is 372 g/mol. The Hall–Kier alpha value is -2.27. The molecule has 2 spiro atoms. The number of aliphatic imine (C=N–C) groups is 1. The van der Waals surface area contributed by atoms with Crippen LogP contribution < -0.4 is 5.73 Å². The standard InChI is InChI=1S/C23H29B2N3O2/c1-14-11-21(8-7-19(14)29-2)12-16-6-5-15(17-4-3-9-27-13-17)10-18(16)22(21)23(24,25)30-20(26)28-22/h3-6,9-10,13-14,19H,7-8,11-12,24-25H2,1-2H3,(H2,26,28)/t14-,19-,21-,22-/m0/s1. The Kier molecular flexibility index (Phi) is 4.34. The number of benzene rings is 1. The molecule has 2 N–H and O–H groups in total. The fraction of sp³-hybridized carbons (Fsp3) is 0.478. The largest absolute Gasteiger partial charge is 0.475 e. The Balaban J connectivity index is 1.70. The Morgan fingerprint density at radius 3 is 2.70 bits per heavy atom. The first-order valence-corrected chi connectivity index (χ1v) is 10.9. The highest BCUT2D eigenvalue weighted by Crippen LogP contribution is 2.65. The van der Waals surface area contributed by atoms with Crippen molar-refractivity contribution in [1.82, 2.24) is 4.98 Å². The van der Waals surface area contributed by atoms with Crippen molar-refractivity contribution >= 4 is 21.7 Å². The zero-order valence-corrected chi connectivity index (χ0v) is 18.3. The van der Waals surface area contributed by atoms with Crippen molar-refractivity contribution in [3.63, 3.8) is 0 Å². The monoisotopic (exact) mass is 401 g/mol. The summed E-state index contributed by atoms with van der Waals surface area (Å²) in [6.07, 6.45) is 8.16. The molecule has 0 saturated heterocycles. The molecule has 1 aromatic heterocycles. The minimum Gasteiger partial charge on any atom is -0.475 e. The van der Waals surface area contributed by atoms with E-state index in [0.29, 0.717) is 18.0 Å². The molecule has 0 bridgehead atoms. The topological polar surface area (TPSA) is 69.7 Å². The maximum absolute atomic E-state index is 6.24. The summed E-state index contributed by atoms with van der Waals surface area (Å²) in [6.45, 7) is 2.31. The Labute approximate surface area is 180 Å². The molecule has 0 radical (unpaired) electrons. The van der Waals surface area contributed by atoms with Crippen molar-refractivity contribution in [2.45, 2.75) is 49.6 Å². The SMILES string of the molecule is BC1(B)OC(N)=N[C@]12c1cc(-c3cccnc3)ccc1C[C@@]21CC[C@H](OC)[C@@H](C)C1. The molecule has 30 heavy (non-hydrogen) atoms. The van der Waals surface area contributed by atoms with Gasteiger partial charge in [-0.15, -0.1) is 0 Å². The van der Waals surface area contributed by atoms with Gasteiger partial charge in [-0.05, 0) is 66.0 Å². The molecule has 0 unspecified atom stereocenters. The molecule has 2 aromatic rings. The van der Waals surface area contributed by atoms with Crippen LogP contribution >= 0.6 is 0 Å². The van der Waals surface area contributed by atoms with Crippen LogP contribution in [0, 0.1) is 11.3 Å². The van der Waals surface area contributed by atoms with Gasteiger partial charge in [0, 0.05) is 24.9 Å². The average Bonchev–Trinajstić information content (AvgIpc) is 3.13. The van der Waals surface area contributed by atoms with E-state index in [1.165, 1.54) is 11.1 Å². The van der Waals surface area contributed by atoms with Crippen LogP contribution in [0.15, 0.2) is 47.7 Å². The third-order valence-electron chi connectivity index (χ3n) is 7.86. The Bertz CT molecular complexity index is 1010. The number of hydrogen-bond acceptors (Lipinski definition) is 5. The van der Waals surface area contributed by atoms with Gasteiger partial charge in [0.15, 0.2) is 15.7 Å². The van der Waals surface area contributed by atoms with E-state index in [4.69, 9.17) is 20.2 Å². The van der Waals surface area contributed by atoms with Crippen molar-refractivity contribution in [3.05, 3.63) is 53.9 Å². The summed E-state index contributed by atoms with van der Waals surface area (Å²) in [5.74, 6) is 0.459. The van der Waals surface area contributed by atoms with Gasteiger partial charge in [-0.3, -0.25) is 4.98 Å². The van der Waals surface area contributed by atoms with Gasteiger partial charge in [0.25, 0.3) is 6.02 Å². The zero-order chi connectivity index (χ0) is 21.1. The summed E-state index contributed by atoms with van der Waals surface area (Å²) in [5, 5.41) is -0.518. The van der Waals surface area contributed by atoms with Gasteiger partial charge in [0.2, 0.25) is 0 Å². The number of pyridine rings is 1. The number of methoxy groups -OCH3 is 1. The van der Waals surface area contributed by atoms with Crippen molar-refractivity contribution in [2.24, 2.45) is 22.1 Å². The number of aromatic nitrogens is 1. The molecule has 2 heterocycles. The Morgan fingerprint density at radius 1 is 1.23 bits per heavy atom. The van der Waals surface area contributed by atoms with Gasteiger partial charge in [0.05, 0.1) is 11.5 Å². The van der Waals surface area contributed by atoms with Crippen molar-refractivity contribution in [2.75, 3.05) is 7.11 Å². The number of fused-ring (bicyclic) bond motifs is 3. The van der Waals surface area contributed by atoms with E-state index in [9.17, 15) is 0 Å². The summed E-state index contributed by atoms with van der Waals surface area (Å²) < 4.78 is 12.0. The molecule has 1 fully saturated rings. The molecule has 7 heteroatoms. The normalized spacial score (nSPS) is 34.0. The first-order valence-electron chi connectivity index (χ1n) is 10.9. The summed E-state index contributed by atoms with van der Waals surface area (Å²) >= 11 is 0. The molecule has 4 atom stereocenters. The van der Waals surface area contributed by atoms with E-state index in [-0.39, 0.29) is 5.41 Å². The van der Waals surface area contributed by atoms with Gasteiger partial charge in [0.1, 0.15) is 5.54 Å². The summed E-state index contributed by atoms with van der Waals surface area (Å²) in [6, 6.07) is 11.2. The number of ether oxygens (including phenoxy) is 2. The third-order valence-corrected chi connectivity index (χ3v) is 7.86. The molecule has 5 nitrogen and oxygen atoms in total. The lowest BCUT2D eigenvalue weighted by Gasteiger charge is -2.53. The predicted molar refractivity (Wildman–Crippen MR) is 124 cm³/mol. The van der Waals surface area contributed by atoms with E-state index < -0.39 is 10.9 Å². The highest BCUT2D eigenvalue weighted by atomic mass is 16.5. The second-order valence-corrected chi connectivity index (χ2v) is 9.84.